The molecule has 0 spiro atoms. The zero-order chi connectivity index (χ0) is 79.1. The minimum atomic E-state index is -4.64. The van der Waals surface area contributed by atoms with Crippen molar-refractivity contribution in [2.75, 3.05) is 54.7 Å². The first-order chi connectivity index (χ1) is 52.9. The summed E-state index contributed by atoms with van der Waals surface area (Å²) in [5, 5.41) is 8.87. The molecule has 1 N–H and O–H groups in total. The summed E-state index contributed by atoms with van der Waals surface area (Å²) in [6.45, 7) is 22.1. The Morgan fingerprint density at radius 1 is 0.385 bits per heavy atom. The van der Waals surface area contributed by atoms with E-state index in [1.165, 1.54) is 257 Å². The zero-order valence-corrected chi connectivity index (χ0v) is 75.7. The second kappa shape index (κ2) is 59.5. The third-order valence-electron chi connectivity index (χ3n) is 23.4. The quantitative estimate of drug-likeness (QED) is 0.0132. The monoisotopic (exact) mass is 1600 g/mol. The fourth-order valence-corrected chi connectivity index (χ4v) is 29.8. The van der Waals surface area contributed by atoms with Gasteiger partial charge >= 0.3 is 0 Å². The lowest BCUT2D eigenvalue weighted by Crippen LogP contribution is -2.13. The van der Waals surface area contributed by atoms with Gasteiger partial charge in [-0.3, -0.25) is 5.43 Å². The van der Waals surface area contributed by atoms with Crippen LogP contribution in [0.4, 0.5) is 11.4 Å². The van der Waals surface area contributed by atoms with Crippen molar-refractivity contribution in [2.24, 2.45) is 10.3 Å². The molecule has 10 nitrogen and oxygen atoms in total. The van der Waals surface area contributed by atoms with E-state index in [0.717, 1.165) is 28.0 Å². The van der Waals surface area contributed by atoms with E-state index in [1.807, 2.05) is 42.5 Å². The van der Waals surface area contributed by atoms with Crippen LogP contribution in [-0.4, -0.2) is 80.2 Å². The number of anilines is 1. The van der Waals surface area contributed by atoms with Crippen molar-refractivity contribution in [3.05, 3.63) is 101 Å². The van der Waals surface area contributed by atoms with Crippen molar-refractivity contribution < 1.29 is 25.9 Å². The summed E-state index contributed by atoms with van der Waals surface area (Å²) in [5.41, 5.74) is 8.79. The molecule has 5 aromatic rings. The molecule has 1 aliphatic carbocycles. The predicted octanol–water partition coefficient (Wildman–Crippen LogP) is 31.3. The summed E-state index contributed by atoms with van der Waals surface area (Å²) < 4.78 is 71.3. The summed E-state index contributed by atoms with van der Waals surface area (Å²) >= 11 is 1.15. The molecular formula is C94H160N4O6P2S3. The van der Waals surface area contributed by atoms with E-state index in [1.54, 1.807) is 145 Å². The minimum absolute atomic E-state index is 0.0654. The molecule has 1 unspecified atom stereocenters. The lowest BCUT2D eigenvalue weighted by atomic mass is 9.96. The van der Waals surface area contributed by atoms with Crippen molar-refractivity contribution in [1.29, 1.82) is 0 Å². The van der Waals surface area contributed by atoms with Crippen LogP contribution in [0, 0.1) is 13.8 Å². The van der Waals surface area contributed by atoms with Gasteiger partial charge in [-0.15, -0.1) is 16.5 Å². The number of hydrogen-bond acceptors (Lipinski definition) is 10. The van der Waals surface area contributed by atoms with Crippen molar-refractivity contribution >= 4 is 67.7 Å². The Labute approximate surface area is 676 Å². The molecule has 0 saturated heterocycles. The molecule has 1 heterocycles. The Hall–Kier alpha value is -3.15. The first-order valence-electron chi connectivity index (χ1n) is 45.4. The van der Waals surface area contributed by atoms with Gasteiger partial charge in [0.25, 0.3) is 0 Å². The molecule has 1 atom stereocenters. The Kier molecular flexibility index (Phi) is 53.6. The molecule has 0 radical (unpaired) electrons. The highest BCUT2D eigenvalue weighted by atomic mass is 32.2. The average molecular weight is 1600 g/mol. The Morgan fingerprint density at radius 3 is 1.04 bits per heavy atom. The van der Waals surface area contributed by atoms with Gasteiger partial charge in [-0.05, 0) is 206 Å². The number of aryl methyl sites for hydroxylation is 2. The molecule has 0 saturated carbocycles. The van der Waals surface area contributed by atoms with Gasteiger partial charge < -0.3 is 9.11 Å². The maximum Gasteiger partial charge on any atom is 0.126 e. The van der Waals surface area contributed by atoms with Crippen LogP contribution >= 0.6 is 25.9 Å². The number of nitrogens with zero attached hydrogens (tertiary/aromatic N) is 3. The molecule has 109 heavy (non-hydrogen) atoms. The van der Waals surface area contributed by atoms with Gasteiger partial charge in [0.05, 0.1) is 80.7 Å². The van der Waals surface area contributed by atoms with E-state index in [9.17, 15) is 25.9 Å². The maximum absolute atomic E-state index is 11.9. The predicted molar refractivity (Wildman–Crippen MR) is 481 cm³/mol. The normalized spacial score (nSPS) is 13.3. The largest absolute Gasteiger partial charge is 0.744 e. The van der Waals surface area contributed by atoms with Crippen molar-refractivity contribution in [3.8, 4) is 10.6 Å². The summed E-state index contributed by atoms with van der Waals surface area (Å²) in [6, 6.07) is 21.6. The van der Waals surface area contributed by atoms with Gasteiger partial charge in [0.1, 0.15) is 25.2 Å². The van der Waals surface area contributed by atoms with E-state index in [-0.39, 0.29) is 15.7 Å². The molecule has 0 fully saturated rings. The second-order valence-corrected chi connectivity index (χ2v) is 45.6. The summed E-state index contributed by atoms with van der Waals surface area (Å²) in [4.78, 5) is 4.19. The number of hydrogen-bond donors (Lipinski definition) is 1. The molecule has 1 aromatic heterocycles. The highest BCUT2D eigenvalue weighted by Crippen LogP contribution is 2.63. The van der Waals surface area contributed by atoms with Gasteiger partial charge in [-0.25, -0.2) is 21.8 Å². The van der Waals surface area contributed by atoms with Gasteiger partial charge in [-0.2, -0.15) is 0 Å². The van der Waals surface area contributed by atoms with Crippen LogP contribution in [0.25, 0.3) is 20.8 Å². The number of fused-ring (bicyclic) bond motifs is 2. The maximum atomic E-state index is 11.9. The van der Waals surface area contributed by atoms with Crippen LogP contribution in [0.3, 0.4) is 0 Å². The van der Waals surface area contributed by atoms with Crippen molar-refractivity contribution in [2.45, 2.75) is 406 Å². The highest BCUT2D eigenvalue weighted by Gasteiger charge is 2.37. The fourth-order valence-electron chi connectivity index (χ4n) is 16.7. The number of thiazole rings is 1. The molecular weight excluding hydrogens is 1440 g/mol. The van der Waals surface area contributed by atoms with Gasteiger partial charge in [-0.1, -0.05) is 296 Å². The second-order valence-electron chi connectivity index (χ2n) is 33.0. The number of aromatic nitrogens is 1. The molecule has 4 aromatic carbocycles. The van der Waals surface area contributed by atoms with Gasteiger partial charge in [0.15, 0.2) is 0 Å². The summed E-state index contributed by atoms with van der Waals surface area (Å²) in [7, 11) is -10.6. The topological polar surface area (TPSA) is 164 Å². The van der Waals surface area contributed by atoms with E-state index in [4.69, 9.17) is 0 Å². The third kappa shape index (κ3) is 40.8. The van der Waals surface area contributed by atoms with Crippen molar-refractivity contribution in [3.63, 3.8) is 0 Å². The van der Waals surface area contributed by atoms with E-state index in [2.05, 4.69) is 76.1 Å². The Bertz CT molecular complexity index is 3250. The number of unbranched alkanes of at least 4 members (excludes halogenated alkanes) is 40. The molecule has 0 bridgehead atoms. The zero-order valence-electron chi connectivity index (χ0n) is 71.4. The molecule has 15 heteroatoms. The minimum Gasteiger partial charge on any atom is -0.744 e. The highest BCUT2D eigenvalue weighted by molar-refractivity contribution is 7.86. The van der Waals surface area contributed by atoms with Crippen molar-refractivity contribution in [1.82, 2.24) is 4.98 Å². The van der Waals surface area contributed by atoms with Crippen LogP contribution < -0.4 is 5.43 Å². The molecule has 1 aliphatic rings. The van der Waals surface area contributed by atoms with Gasteiger partial charge in [0.2, 0.25) is 0 Å². The SMILES string of the molecule is CCCCCCCCCCCCCC[P+](CCCCCC)(CCCCCC)CCCCCC.CCCCCCCCCCCCCC[P+](CCCCCC)(CCCCCC)CCCCCC.Cc1ccc2c(c1S(=O)(=O)[O-])CC(c1ccc(N=NNc3ccc(-c4nc5ccc(C)c(S(=O)(=O)[O-])c5s4)cc3)cc1)C2. The number of benzene rings is 4. The smallest absolute Gasteiger partial charge is 0.126 e. The fraction of sp³-hybridized carbons (Fsp3) is 0.734. The first kappa shape index (κ1) is 98.2. The number of nitrogens with one attached hydrogen (secondary N) is 1. The lowest BCUT2D eigenvalue weighted by Gasteiger charge is -2.28. The van der Waals surface area contributed by atoms with Crippen LogP contribution in [0.1, 0.15) is 397 Å². The van der Waals surface area contributed by atoms with Crippen LogP contribution in [0.15, 0.2) is 92.9 Å². The average Bonchev–Trinajstić information content (AvgIpc) is 1.67. The van der Waals surface area contributed by atoms with Crippen LogP contribution in [-0.2, 0) is 33.1 Å². The first-order valence-corrected chi connectivity index (χ1v) is 54.1. The Balaban J connectivity index is 0.000000352. The van der Waals surface area contributed by atoms with E-state index in [0.29, 0.717) is 56.1 Å². The Morgan fingerprint density at radius 2 is 0.697 bits per heavy atom. The van der Waals surface area contributed by atoms with Gasteiger partial charge in [0, 0.05) is 20.1 Å². The van der Waals surface area contributed by atoms with Crippen LogP contribution in [0.5, 0.6) is 0 Å². The molecule has 6 rings (SSSR count). The van der Waals surface area contributed by atoms with E-state index >= 15 is 0 Å². The third-order valence-corrected chi connectivity index (χ3v) is 36.9. The molecule has 0 aliphatic heterocycles. The summed E-state index contributed by atoms with van der Waals surface area (Å²) in [5.74, 6) is 0.0654. The standard InChI is InChI=1S/2C32H68P.C30H26N4O6S3/c2*1-5-9-13-17-18-19-20-21-22-23-24-28-32-33(29-25-14-10-6-2,30-26-15-11-7-3)31-27-16-12-8-4;1-17-3-5-21-15-22(16-25(21)28(17)42(35,36)37)19-6-10-23(11-7-19)32-34-33-24-12-8-20(9-13-24)30-31-26-14-4-18(2)29(27(26)41-30)43(38,39)40/h2*5-32H2,1-4H3;3-14,22H,15-16H2,1-2H3,(H,32,33)(H,35,36,37)(H,38,39,40)/q2*+1;/p-2. The van der Waals surface area contributed by atoms with Crippen LogP contribution in [0.2, 0.25) is 0 Å². The molecule has 620 valence electrons. The lowest BCUT2D eigenvalue weighted by molar-refractivity contribution is 0.460. The number of rotatable bonds is 63. The summed E-state index contributed by atoms with van der Waals surface area (Å²) in [6.07, 6.45) is 85.3. The molecule has 0 amide bonds. The van der Waals surface area contributed by atoms with E-state index < -0.39 is 34.8 Å².